The molecule has 0 aliphatic carbocycles. The first-order chi connectivity index (χ1) is 14.5. The number of aromatic amines is 1. The standard InChI is InChI=1S/C22H15F6N3/c1-12-8-13(17-11-30-18-6-7-29-20(19(17)18)22(26,27)28)10-16(9-12)31-15-4-2-14(3-5-15)21(23,24)25/h2-11,30-31H,1H3. The van der Waals surface area contributed by atoms with E-state index in [2.05, 4.69) is 15.3 Å². The highest BCUT2D eigenvalue weighted by molar-refractivity contribution is 5.98. The highest BCUT2D eigenvalue weighted by atomic mass is 19.4. The lowest BCUT2D eigenvalue weighted by Crippen LogP contribution is -2.08. The fourth-order valence-corrected chi connectivity index (χ4v) is 3.44. The van der Waals surface area contributed by atoms with E-state index in [9.17, 15) is 26.3 Å². The van der Waals surface area contributed by atoms with Gasteiger partial charge in [0.25, 0.3) is 0 Å². The molecule has 3 nitrogen and oxygen atoms in total. The SMILES string of the molecule is Cc1cc(Nc2ccc(C(F)(F)F)cc2)cc(-c2c[nH]c3ccnc(C(F)(F)F)c23)c1. The van der Waals surface area contributed by atoms with Gasteiger partial charge in [-0.3, -0.25) is 4.98 Å². The fourth-order valence-electron chi connectivity index (χ4n) is 3.44. The summed E-state index contributed by atoms with van der Waals surface area (Å²) in [6.45, 7) is 1.78. The highest BCUT2D eigenvalue weighted by Gasteiger charge is 2.36. The average Bonchev–Trinajstić information content (AvgIpc) is 3.10. The monoisotopic (exact) mass is 435 g/mol. The molecule has 0 unspecified atom stereocenters. The minimum Gasteiger partial charge on any atom is -0.360 e. The molecule has 2 aromatic heterocycles. The maximum atomic E-state index is 13.5. The number of nitrogens with one attached hydrogen (secondary N) is 2. The van der Waals surface area contributed by atoms with Crippen LogP contribution in [0.25, 0.3) is 22.0 Å². The number of rotatable bonds is 3. The second-order valence-electron chi connectivity index (χ2n) is 7.07. The Morgan fingerprint density at radius 1 is 0.839 bits per heavy atom. The fraction of sp³-hybridized carbons (Fsp3) is 0.136. The number of fused-ring (bicyclic) bond motifs is 1. The van der Waals surface area contributed by atoms with Crippen molar-refractivity contribution in [1.29, 1.82) is 0 Å². The van der Waals surface area contributed by atoms with Crippen LogP contribution >= 0.6 is 0 Å². The van der Waals surface area contributed by atoms with Gasteiger partial charge >= 0.3 is 12.4 Å². The van der Waals surface area contributed by atoms with Crippen LogP contribution in [0.4, 0.5) is 37.7 Å². The van der Waals surface area contributed by atoms with E-state index >= 15 is 0 Å². The van der Waals surface area contributed by atoms with Gasteiger partial charge in [0.2, 0.25) is 0 Å². The number of alkyl halides is 6. The van der Waals surface area contributed by atoms with E-state index in [0.717, 1.165) is 23.9 Å². The molecule has 2 heterocycles. The molecule has 9 heteroatoms. The summed E-state index contributed by atoms with van der Waals surface area (Å²) < 4.78 is 78.7. The Hall–Kier alpha value is -3.49. The van der Waals surface area contributed by atoms with Gasteiger partial charge in [0.05, 0.1) is 5.56 Å². The number of hydrogen-bond acceptors (Lipinski definition) is 2. The number of hydrogen-bond donors (Lipinski definition) is 2. The first-order valence-electron chi connectivity index (χ1n) is 9.12. The molecule has 0 saturated heterocycles. The van der Waals surface area contributed by atoms with Crippen LogP contribution in [0.1, 0.15) is 16.8 Å². The first-order valence-corrected chi connectivity index (χ1v) is 9.12. The van der Waals surface area contributed by atoms with Crippen LogP contribution < -0.4 is 5.32 Å². The molecule has 0 aliphatic rings. The molecule has 0 fully saturated rings. The van der Waals surface area contributed by atoms with Crippen LogP contribution in [0.2, 0.25) is 0 Å². The largest absolute Gasteiger partial charge is 0.434 e. The average molecular weight is 435 g/mol. The summed E-state index contributed by atoms with van der Waals surface area (Å²) in [4.78, 5) is 6.37. The maximum absolute atomic E-state index is 13.5. The Balaban J connectivity index is 1.74. The van der Waals surface area contributed by atoms with Gasteiger partial charge in [-0.05, 0) is 60.5 Å². The summed E-state index contributed by atoms with van der Waals surface area (Å²) in [6.07, 6.45) is -6.48. The Kier molecular flexibility index (Phi) is 4.91. The molecular formula is C22H15F6N3. The van der Waals surface area contributed by atoms with Gasteiger partial charge in [0.15, 0.2) is 5.69 Å². The third-order valence-electron chi connectivity index (χ3n) is 4.75. The Labute approximate surface area is 172 Å². The van der Waals surface area contributed by atoms with Crippen molar-refractivity contribution in [3.8, 4) is 11.1 Å². The number of H-pyrrole nitrogens is 1. The maximum Gasteiger partial charge on any atom is 0.434 e. The number of aromatic nitrogens is 2. The van der Waals surface area contributed by atoms with Crippen molar-refractivity contribution < 1.29 is 26.3 Å². The van der Waals surface area contributed by atoms with E-state index in [4.69, 9.17) is 0 Å². The summed E-state index contributed by atoms with van der Waals surface area (Å²) in [7, 11) is 0. The minimum absolute atomic E-state index is 0.0407. The van der Waals surface area contributed by atoms with Crippen molar-refractivity contribution in [3.63, 3.8) is 0 Å². The van der Waals surface area contributed by atoms with Crippen molar-refractivity contribution in [2.24, 2.45) is 0 Å². The molecule has 2 aromatic carbocycles. The lowest BCUT2D eigenvalue weighted by Gasteiger charge is -2.13. The number of nitrogens with zero attached hydrogens (tertiary/aromatic N) is 1. The first kappa shape index (κ1) is 20.8. The Bertz CT molecular complexity index is 1240. The third-order valence-corrected chi connectivity index (χ3v) is 4.75. The number of pyridine rings is 1. The minimum atomic E-state index is -4.62. The predicted octanol–water partition coefficient (Wildman–Crippen LogP) is 7.32. The molecule has 0 spiro atoms. The molecule has 160 valence electrons. The second kappa shape index (κ2) is 7.33. The van der Waals surface area contributed by atoms with Crippen LogP contribution in [0.15, 0.2) is 60.9 Å². The number of benzene rings is 2. The molecule has 0 aliphatic heterocycles. The molecule has 0 saturated carbocycles. The van der Waals surface area contributed by atoms with E-state index < -0.39 is 23.6 Å². The van der Waals surface area contributed by atoms with Crippen LogP contribution in [-0.2, 0) is 12.4 Å². The quantitative estimate of drug-likeness (QED) is 0.331. The number of anilines is 2. The molecular weight excluding hydrogens is 420 g/mol. The molecule has 0 atom stereocenters. The zero-order chi connectivity index (χ0) is 22.4. The van der Waals surface area contributed by atoms with Gasteiger partial charge < -0.3 is 10.3 Å². The van der Waals surface area contributed by atoms with Gasteiger partial charge in [-0.25, -0.2) is 0 Å². The van der Waals surface area contributed by atoms with Gasteiger partial charge in [0.1, 0.15) is 0 Å². The van der Waals surface area contributed by atoms with E-state index in [-0.39, 0.29) is 5.39 Å². The van der Waals surface area contributed by atoms with Crippen LogP contribution in [0.5, 0.6) is 0 Å². The molecule has 31 heavy (non-hydrogen) atoms. The van der Waals surface area contributed by atoms with E-state index in [1.54, 1.807) is 25.1 Å². The highest BCUT2D eigenvalue weighted by Crippen LogP contribution is 2.39. The Morgan fingerprint density at radius 2 is 1.55 bits per heavy atom. The zero-order valence-electron chi connectivity index (χ0n) is 16.0. The third kappa shape index (κ3) is 4.21. The zero-order valence-corrected chi connectivity index (χ0v) is 16.0. The number of aryl methyl sites for hydroxylation is 1. The van der Waals surface area contributed by atoms with Crippen molar-refractivity contribution in [1.82, 2.24) is 9.97 Å². The Morgan fingerprint density at radius 3 is 2.19 bits per heavy atom. The number of halogens is 6. The van der Waals surface area contributed by atoms with Gasteiger partial charge in [0, 0.05) is 40.2 Å². The summed E-state index contributed by atoms with van der Waals surface area (Å²) in [6, 6.07) is 11.1. The molecule has 4 rings (SSSR count). The van der Waals surface area contributed by atoms with Crippen molar-refractivity contribution in [2.75, 3.05) is 5.32 Å². The summed E-state index contributed by atoms with van der Waals surface area (Å²) in [5, 5.41) is 2.96. The lowest BCUT2D eigenvalue weighted by molar-refractivity contribution is -0.140. The summed E-state index contributed by atoms with van der Waals surface area (Å²) >= 11 is 0. The van der Waals surface area contributed by atoms with Gasteiger partial charge in [-0.1, -0.05) is 6.07 Å². The van der Waals surface area contributed by atoms with Crippen LogP contribution in [-0.4, -0.2) is 9.97 Å². The molecule has 4 aromatic rings. The molecule has 0 amide bonds. The normalized spacial score (nSPS) is 12.4. The van der Waals surface area contributed by atoms with Gasteiger partial charge in [-0.2, -0.15) is 26.3 Å². The van der Waals surface area contributed by atoms with Crippen molar-refractivity contribution >= 4 is 22.3 Å². The van der Waals surface area contributed by atoms with Crippen LogP contribution in [0.3, 0.4) is 0 Å². The van der Waals surface area contributed by atoms with E-state index in [0.29, 0.717) is 28.0 Å². The summed E-state index contributed by atoms with van der Waals surface area (Å²) in [5.74, 6) is 0. The lowest BCUT2D eigenvalue weighted by atomic mass is 10.0. The van der Waals surface area contributed by atoms with Crippen molar-refractivity contribution in [2.45, 2.75) is 19.3 Å². The van der Waals surface area contributed by atoms with Gasteiger partial charge in [-0.15, -0.1) is 0 Å². The smallest absolute Gasteiger partial charge is 0.360 e. The topological polar surface area (TPSA) is 40.7 Å². The predicted molar refractivity (Wildman–Crippen MR) is 106 cm³/mol. The molecule has 0 bridgehead atoms. The molecule has 2 N–H and O–H groups in total. The van der Waals surface area contributed by atoms with E-state index in [1.165, 1.54) is 24.4 Å². The molecule has 0 radical (unpaired) electrons. The summed E-state index contributed by atoms with van der Waals surface area (Å²) in [5.41, 5.74) is 1.10. The van der Waals surface area contributed by atoms with E-state index in [1.807, 2.05) is 0 Å². The second-order valence-corrected chi connectivity index (χ2v) is 7.07. The van der Waals surface area contributed by atoms with Crippen molar-refractivity contribution in [3.05, 3.63) is 77.7 Å². The van der Waals surface area contributed by atoms with Crippen LogP contribution in [0, 0.1) is 6.92 Å².